The summed E-state index contributed by atoms with van der Waals surface area (Å²) in [5.74, 6) is 2.44. The molecule has 1 fully saturated rings. The Morgan fingerprint density at radius 2 is 1.77 bits per heavy atom. The Morgan fingerprint density at radius 1 is 1.00 bits per heavy atom. The first-order chi connectivity index (χ1) is 18.8. The summed E-state index contributed by atoms with van der Waals surface area (Å²) >= 11 is 0. The first kappa shape index (κ1) is 26.0. The molecule has 1 aromatic carbocycles. The second-order valence-electron chi connectivity index (χ2n) is 12.2. The van der Waals surface area contributed by atoms with Crippen molar-refractivity contribution in [1.29, 1.82) is 0 Å². The maximum absolute atomic E-state index is 6.30. The summed E-state index contributed by atoms with van der Waals surface area (Å²) in [6.45, 7) is 13.3. The number of nitrogens with one attached hydrogen (secondary N) is 1. The Morgan fingerprint density at radius 3 is 2.54 bits per heavy atom. The van der Waals surface area contributed by atoms with Gasteiger partial charge in [0, 0.05) is 53.9 Å². The molecule has 1 N–H and O–H groups in total. The minimum Gasteiger partial charge on any atom is -0.378 e. The van der Waals surface area contributed by atoms with Crippen LogP contribution in [0.4, 0.5) is 29.0 Å². The molecule has 8 nitrogen and oxygen atoms in total. The lowest BCUT2D eigenvalue weighted by Gasteiger charge is -2.30. The zero-order valence-electron chi connectivity index (χ0n) is 23.7. The Balaban J connectivity index is 1.29. The second-order valence-corrected chi connectivity index (χ2v) is 12.2. The molecule has 1 unspecified atom stereocenters. The van der Waals surface area contributed by atoms with E-state index in [-0.39, 0.29) is 11.0 Å². The molecule has 0 radical (unpaired) electrons. The summed E-state index contributed by atoms with van der Waals surface area (Å²) in [7, 11) is 0. The third-order valence-electron chi connectivity index (χ3n) is 7.95. The fourth-order valence-electron chi connectivity index (χ4n) is 5.69. The van der Waals surface area contributed by atoms with E-state index in [1.807, 2.05) is 6.20 Å². The van der Waals surface area contributed by atoms with E-state index >= 15 is 0 Å². The maximum Gasteiger partial charge on any atom is 0.229 e. The van der Waals surface area contributed by atoms with Crippen LogP contribution in [0.15, 0.2) is 42.6 Å². The van der Waals surface area contributed by atoms with Gasteiger partial charge in [-0.2, -0.15) is 4.98 Å². The van der Waals surface area contributed by atoms with Crippen LogP contribution in [0, 0.1) is 0 Å². The van der Waals surface area contributed by atoms with Crippen LogP contribution in [-0.2, 0) is 27.7 Å². The first-order valence-electron chi connectivity index (χ1n) is 14.3. The summed E-state index contributed by atoms with van der Waals surface area (Å²) < 4.78 is 11.8. The summed E-state index contributed by atoms with van der Waals surface area (Å²) in [4.78, 5) is 19.5. The van der Waals surface area contributed by atoms with E-state index in [0.29, 0.717) is 12.6 Å². The van der Waals surface area contributed by atoms with Crippen molar-refractivity contribution in [2.45, 2.75) is 64.4 Å². The third kappa shape index (κ3) is 5.58. The van der Waals surface area contributed by atoms with Crippen LogP contribution < -0.4 is 15.1 Å². The third-order valence-corrected chi connectivity index (χ3v) is 7.95. The van der Waals surface area contributed by atoms with E-state index in [4.69, 9.17) is 24.4 Å². The van der Waals surface area contributed by atoms with Gasteiger partial charge in [0.2, 0.25) is 5.95 Å². The van der Waals surface area contributed by atoms with E-state index in [1.165, 1.54) is 29.8 Å². The number of aryl methyl sites for hydroxylation is 2. The molecule has 8 heteroatoms. The summed E-state index contributed by atoms with van der Waals surface area (Å²) in [6, 6.07) is 12.9. The summed E-state index contributed by atoms with van der Waals surface area (Å²) in [5, 5.41) is 3.43. The lowest BCUT2D eigenvalue weighted by Crippen LogP contribution is -2.37. The van der Waals surface area contributed by atoms with Crippen molar-refractivity contribution in [2.24, 2.45) is 0 Å². The van der Waals surface area contributed by atoms with Crippen molar-refractivity contribution >= 4 is 29.0 Å². The Kier molecular flexibility index (Phi) is 6.93. The van der Waals surface area contributed by atoms with Crippen molar-refractivity contribution < 1.29 is 9.47 Å². The largest absolute Gasteiger partial charge is 0.378 e. The average molecular weight is 529 g/mol. The number of nitrogens with zero attached hydrogens (tertiary/aromatic N) is 5. The van der Waals surface area contributed by atoms with Gasteiger partial charge in [-0.3, -0.25) is 0 Å². The number of hydrogen-bond donors (Lipinski definition) is 1. The topological polar surface area (TPSA) is 75.6 Å². The average Bonchev–Trinajstić information content (AvgIpc) is 3.24. The summed E-state index contributed by atoms with van der Waals surface area (Å²) in [5.41, 5.74) is 5.40. The molecule has 1 aliphatic carbocycles. The molecule has 39 heavy (non-hydrogen) atoms. The fraction of sp³-hybridized carbons (Fsp3) is 0.516. The summed E-state index contributed by atoms with van der Waals surface area (Å²) in [6.07, 6.45) is 6.59. The predicted molar refractivity (Wildman–Crippen MR) is 156 cm³/mol. The zero-order valence-corrected chi connectivity index (χ0v) is 23.7. The number of fused-ring (bicyclic) bond motifs is 2. The van der Waals surface area contributed by atoms with Crippen LogP contribution in [0.3, 0.4) is 0 Å². The van der Waals surface area contributed by atoms with E-state index in [1.54, 1.807) is 0 Å². The second kappa shape index (κ2) is 10.4. The van der Waals surface area contributed by atoms with Gasteiger partial charge >= 0.3 is 0 Å². The van der Waals surface area contributed by atoms with Crippen molar-refractivity contribution in [3.05, 3.63) is 59.4 Å². The van der Waals surface area contributed by atoms with Crippen LogP contribution in [0.5, 0.6) is 0 Å². The van der Waals surface area contributed by atoms with E-state index in [0.717, 1.165) is 68.6 Å². The van der Waals surface area contributed by atoms with Crippen molar-refractivity contribution in [2.75, 3.05) is 54.6 Å². The van der Waals surface area contributed by atoms with Gasteiger partial charge in [-0.25, -0.2) is 9.97 Å². The van der Waals surface area contributed by atoms with Crippen LogP contribution in [0.1, 0.15) is 57.4 Å². The van der Waals surface area contributed by atoms with E-state index in [9.17, 15) is 0 Å². The minimum absolute atomic E-state index is 0.226. The molecule has 6 rings (SSSR count). The monoisotopic (exact) mass is 528 g/mol. The lowest BCUT2D eigenvalue weighted by molar-refractivity contribution is -0.0252. The van der Waals surface area contributed by atoms with Crippen molar-refractivity contribution in [3.8, 4) is 0 Å². The Hall–Kier alpha value is -3.23. The van der Waals surface area contributed by atoms with Gasteiger partial charge in [0.1, 0.15) is 11.6 Å². The quantitative estimate of drug-likeness (QED) is 0.446. The SMILES string of the molecule is CC(C)(C)OCC1(C)CN(c2ccc3c(n2)CCCC3)c2nc(Nc3ccc(N4CCOCC4)cc3)ncc21. The predicted octanol–water partition coefficient (Wildman–Crippen LogP) is 5.56. The Labute approximate surface area is 231 Å². The number of anilines is 5. The molecule has 1 atom stereocenters. The zero-order chi connectivity index (χ0) is 27.0. The number of morpholine rings is 1. The van der Waals surface area contributed by atoms with Gasteiger partial charge in [-0.05, 0) is 82.3 Å². The highest BCUT2D eigenvalue weighted by Crippen LogP contribution is 2.44. The molecule has 2 aliphatic heterocycles. The van der Waals surface area contributed by atoms with Crippen LogP contribution >= 0.6 is 0 Å². The highest BCUT2D eigenvalue weighted by atomic mass is 16.5. The number of benzene rings is 1. The highest BCUT2D eigenvalue weighted by molar-refractivity contribution is 5.69. The van der Waals surface area contributed by atoms with Gasteiger partial charge < -0.3 is 24.6 Å². The number of pyridine rings is 1. The van der Waals surface area contributed by atoms with Crippen LogP contribution in [-0.4, -0.2) is 60.0 Å². The van der Waals surface area contributed by atoms with E-state index < -0.39 is 0 Å². The van der Waals surface area contributed by atoms with Crippen LogP contribution in [0.2, 0.25) is 0 Å². The van der Waals surface area contributed by atoms with Gasteiger partial charge in [-0.1, -0.05) is 13.0 Å². The molecular formula is C31H40N6O2. The molecule has 3 aromatic rings. The van der Waals surface area contributed by atoms with E-state index in [2.05, 4.69) is 79.2 Å². The number of ether oxygens (including phenoxy) is 2. The molecular weight excluding hydrogens is 488 g/mol. The standard InChI is InChI=1S/C31H40N6O2/c1-30(2,3)39-21-31(4)20-37(27-14-9-22-7-5-6-8-26(22)34-27)28-25(31)19-32-29(35-28)33-23-10-12-24(13-11-23)36-15-17-38-18-16-36/h9-14,19H,5-8,15-18,20-21H2,1-4H3,(H,32,33,35). The Bertz CT molecular complexity index is 1320. The molecule has 0 spiro atoms. The number of hydrogen-bond acceptors (Lipinski definition) is 8. The smallest absolute Gasteiger partial charge is 0.229 e. The van der Waals surface area contributed by atoms with Crippen molar-refractivity contribution in [3.63, 3.8) is 0 Å². The molecule has 206 valence electrons. The van der Waals surface area contributed by atoms with Gasteiger partial charge in [0.05, 0.1) is 25.4 Å². The molecule has 4 heterocycles. The first-order valence-corrected chi connectivity index (χ1v) is 14.3. The normalized spacial score (nSPS) is 21.0. The number of aromatic nitrogens is 3. The van der Waals surface area contributed by atoms with Gasteiger partial charge in [-0.15, -0.1) is 0 Å². The molecule has 0 amide bonds. The maximum atomic E-state index is 6.30. The van der Waals surface area contributed by atoms with Crippen molar-refractivity contribution in [1.82, 2.24) is 15.0 Å². The number of rotatable bonds is 6. The highest BCUT2D eigenvalue weighted by Gasteiger charge is 2.43. The molecule has 3 aliphatic rings. The molecule has 0 saturated carbocycles. The fourth-order valence-corrected chi connectivity index (χ4v) is 5.69. The minimum atomic E-state index is -0.251. The molecule has 1 saturated heterocycles. The molecule has 2 aromatic heterocycles. The van der Waals surface area contributed by atoms with Crippen LogP contribution in [0.25, 0.3) is 0 Å². The van der Waals surface area contributed by atoms with Gasteiger partial charge in [0.15, 0.2) is 0 Å². The lowest BCUT2D eigenvalue weighted by atomic mass is 9.87. The molecule has 0 bridgehead atoms. The van der Waals surface area contributed by atoms with Gasteiger partial charge in [0.25, 0.3) is 0 Å².